The van der Waals surface area contributed by atoms with Crippen molar-refractivity contribution in [3.63, 3.8) is 0 Å². The van der Waals surface area contributed by atoms with Crippen molar-refractivity contribution < 1.29 is 24.4 Å². The average Bonchev–Trinajstić information content (AvgIpc) is 3.14. The van der Waals surface area contributed by atoms with E-state index in [4.69, 9.17) is 47.1 Å². The second-order valence-corrected chi connectivity index (χ2v) is 16.0. The van der Waals surface area contributed by atoms with E-state index in [0.29, 0.717) is 36.8 Å². The maximum Gasteiger partial charge on any atom is 0.195 e. The lowest BCUT2D eigenvalue weighted by atomic mass is 9.79. The number of phenolic OH excluding ortho intramolecular Hbond substituents is 2. The number of ether oxygens (including phenoxy) is 3. The first-order valence-corrected chi connectivity index (χ1v) is 18.9. The largest absolute Gasteiger partial charge is 0.507 e. The molecule has 0 saturated heterocycles. The second kappa shape index (κ2) is 14.3. The van der Waals surface area contributed by atoms with Gasteiger partial charge in [-0.25, -0.2) is 9.98 Å². The topological polar surface area (TPSA) is 197 Å². The van der Waals surface area contributed by atoms with Crippen LogP contribution in [0, 0.1) is 41.5 Å². The highest BCUT2D eigenvalue weighted by Crippen LogP contribution is 2.53. The third-order valence-corrected chi connectivity index (χ3v) is 11.8. The lowest BCUT2D eigenvalue weighted by Crippen LogP contribution is -2.52. The summed E-state index contributed by atoms with van der Waals surface area (Å²) in [5, 5.41) is 21.8. The number of benzene rings is 4. The van der Waals surface area contributed by atoms with E-state index in [2.05, 4.69) is 0 Å². The van der Waals surface area contributed by atoms with Crippen LogP contribution in [0.1, 0.15) is 95.2 Å². The van der Waals surface area contributed by atoms with Gasteiger partial charge in [0.2, 0.25) is 0 Å². The Morgan fingerprint density at radius 1 is 0.600 bits per heavy atom. The fourth-order valence-electron chi connectivity index (χ4n) is 8.59. The van der Waals surface area contributed by atoms with Crippen LogP contribution in [0.25, 0.3) is 0 Å². The van der Waals surface area contributed by atoms with E-state index in [9.17, 15) is 10.2 Å². The Balaban J connectivity index is 1.55. The fourth-order valence-corrected chi connectivity index (χ4v) is 8.59. The highest BCUT2D eigenvalue weighted by Gasteiger charge is 2.53. The molecule has 55 heavy (non-hydrogen) atoms. The third kappa shape index (κ3) is 7.25. The van der Waals surface area contributed by atoms with E-state index >= 15 is 0 Å². The Labute approximate surface area is 324 Å². The molecule has 2 aliphatic heterocycles. The second-order valence-electron chi connectivity index (χ2n) is 16.0. The minimum Gasteiger partial charge on any atom is -0.507 e. The van der Waals surface area contributed by atoms with Gasteiger partial charge in [0, 0.05) is 35.1 Å². The average molecular weight is 749 g/mol. The molecule has 0 aromatic heterocycles. The van der Waals surface area contributed by atoms with E-state index in [0.717, 1.165) is 56.0 Å². The lowest BCUT2D eigenvalue weighted by Gasteiger charge is -2.48. The molecule has 0 amide bonds. The molecule has 292 valence electrons. The number of hydrogen-bond acceptors (Lipinski definition) is 7. The van der Waals surface area contributed by atoms with Gasteiger partial charge in [-0.15, -0.1) is 0 Å². The molecule has 11 heteroatoms. The SMILES string of the molecule is Cc1c(C)c2c(c(C)c1O)CCC(C)(CC(N=C(N)N)(OC(CC1(C)CCc3c(C)c(O)c(C)c(C)c3O1)(N=C(N)N)c1ccccc1)c1ccccc1)O2. The molecule has 2 heterocycles. The summed E-state index contributed by atoms with van der Waals surface area (Å²) in [6, 6.07) is 19.2. The summed E-state index contributed by atoms with van der Waals surface area (Å²) in [6.45, 7) is 15.6. The van der Waals surface area contributed by atoms with Gasteiger partial charge in [-0.05, 0) is 114 Å². The Hall–Kier alpha value is -5.42. The molecule has 11 nitrogen and oxygen atoms in total. The normalized spacial score (nSPS) is 21.1. The predicted molar refractivity (Wildman–Crippen MR) is 218 cm³/mol. The van der Waals surface area contributed by atoms with Crippen LogP contribution in [-0.4, -0.2) is 33.3 Å². The van der Waals surface area contributed by atoms with Crippen LogP contribution < -0.4 is 32.4 Å². The number of rotatable bonds is 10. The molecule has 6 rings (SSSR count). The summed E-state index contributed by atoms with van der Waals surface area (Å²) in [5.74, 6) is 1.65. The summed E-state index contributed by atoms with van der Waals surface area (Å²) >= 11 is 0. The number of aromatic hydroxyl groups is 2. The van der Waals surface area contributed by atoms with Crippen molar-refractivity contribution in [1.82, 2.24) is 0 Å². The number of nitrogens with two attached hydrogens (primary N) is 4. The molecule has 0 saturated carbocycles. The molecule has 10 N–H and O–H groups in total. The summed E-state index contributed by atoms with van der Waals surface area (Å²) in [7, 11) is 0. The zero-order chi connectivity index (χ0) is 40.1. The van der Waals surface area contributed by atoms with E-state index in [-0.39, 0.29) is 36.3 Å². The van der Waals surface area contributed by atoms with Crippen LogP contribution in [0.2, 0.25) is 0 Å². The minimum absolute atomic E-state index is 0.158. The molecule has 0 fully saturated rings. The standard InChI is InChI=1S/C44H56N6O5/c1-25-27(3)37-33(29(5)35(25)51)19-21-41(7,53-37)23-43(49-39(45)46,31-15-11-9-12-16-31)55-44(50-40(47)48,32-17-13-10-14-18-32)24-42(8)22-20-34-30(6)36(52)26(2)28(4)38(34)54-42/h9-18,51-52H,19-24H2,1-8H3,(H4,45,46,49)(H4,47,48,50). The number of nitrogens with zero attached hydrogens (tertiary/aromatic N) is 2. The van der Waals surface area contributed by atoms with Crippen molar-refractivity contribution in [2.45, 2.75) is 117 Å². The van der Waals surface area contributed by atoms with Gasteiger partial charge in [0.1, 0.15) is 34.2 Å². The van der Waals surface area contributed by atoms with Crippen LogP contribution in [0.5, 0.6) is 23.0 Å². The minimum atomic E-state index is -1.60. The molecule has 0 bridgehead atoms. The van der Waals surface area contributed by atoms with Crippen molar-refractivity contribution in [1.29, 1.82) is 0 Å². The van der Waals surface area contributed by atoms with Crippen LogP contribution in [0.15, 0.2) is 70.6 Å². The van der Waals surface area contributed by atoms with Crippen molar-refractivity contribution >= 4 is 11.9 Å². The lowest BCUT2D eigenvalue weighted by molar-refractivity contribution is -0.203. The Morgan fingerprint density at radius 2 is 0.945 bits per heavy atom. The van der Waals surface area contributed by atoms with Crippen LogP contribution in [0.3, 0.4) is 0 Å². The van der Waals surface area contributed by atoms with E-state index in [1.807, 2.05) is 116 Å². The zero-order valence-corrected chi connectivity index (χ0v) is 33.3. The number of guanidine groups is 2. The number of aliphatic imine (C=N–C) groups is 2. The first kappa shape index (κ1) is 39.3. The number of hydrogen-bond donors (Lipinski definition) is 6. The maximum atomic E-state index is 10.9. The quantitative estimate of drug-likeness (QED) is 0.0741. The van der Waals surface area contributed by atoms with Crippen LogP contribution >= 0.6 is 0 Å². The van der Waals surface area contributed by atoms with E-state index in [1.54, 1.807) is 0 Å². The molecule has 4 aromatic rings. The molecule has 4 unspecified atom stereocenters. The number of phenols is 2. The molecule has 0 aliphatic carbocycles. The highest BCUT2D eigenvalue weighted by molar-refractivity contribution is 5.77. The summed E-state index contributed by atoms with van der Waals surface area (Å²) < 4.78 is 21.6. The van der Waals surface area contributed by atoms with Crippen molar-refractivity contribution in [3.8, 4) is 23.0 Å². The highest BCUT2D eigenvalue weighted by atomic mass is 16.6. The molecule has 0 spiro atoms. The molecule has 2 aliphatic rings. The summed E-state index contributed by atoms with van der Waals surface area (Å²) in [5.41, 5.74) is 28.6. The van der Waals surface area contributed by atoms with Crippen molar-refractivity contribution in [2.24, 2.45) is 32.9 Å². The van der Waals surface area contributed by atoms with Gasteiger partial charge in [-0.3, -0.25) is 0 Å². The predicted octanol–water partition coefficient (Wildman–Crippen LogP) is 6.87. The van der Waals surface area contributed by atoms with Gasteiger partial charge in [0.15, 0.2) is 23.4 Å². The summed E-state index contributed by atoms with van der Waals surface area (Å²) in [6.07, 6.45) is 2.76. The van der Waals surface area contributed by atoms with Crippen LogP contribution in [0.4, 0.5) is 0 Å². The Kier molecular flexibility index (Phi) is 10.2. The van der Waals surface area contributed by atoms with Gasteiger partial charge in [-0.2, -0.15) is 0 Å². The third-order valence-electron chi connectivity index (χ3n) is 11.8. The van der Waals surface area contributed by atoms with Gasteiger partial charge in [0.25, 0.3) is 0 Å². The van der Waals surface area contributed by atoms with Crippen LogP contribution in [-0.2, 0) is 29.0 Å². The Bertz CT molecular complexity index is 2010. The van der Waals surface area contributed by atoms with Gasteiger partial charge < -0.3 is 47.4 Å². The zero-order valence-electron chi connectivity index (χ0n) is 33.3. The molecule has 4 atom stereocenters. The monoisotopic (exact) mass is 748 g/mol. The van der Waals surface area contributed by atoms with E-state index < -0.39 is 22.7 Å². The summed E-state index contributed by atoms with van der Waals surface area (Å²) in [4.78, 5) is 9.95. The molecular weight excluding hydrogens is 693 g/mol. The van der Waals surface area contributed by atoms with Gasteiger partial charge in [-0.1, -0.05) is 60.7 Å². The van der Waals surface area contributed by atoms with Crippen molar-refractivity contribution in [2.75, 3.05) is 0 Å². The Morgan fingerprint density at radius 3 is 1.27 bits per heavy atom. The smallest absolute Gasteiger partial charge is 0.195 e. The maximum absolute atomic E-state index is 10.9. The first-order chi connectivity index (χ1) is 25.8. The molecular formula is C44H56N6O5. The van der Waals surface area contributed by atoms with Gasteiger partial charge in [0.05, 0.1) is 0 Å². The fraction of sp³-hybridized carbons (Fsp3) is 0.409. The number of fused-ring (bicyclic) bond motifs is 2. The first-order valence-electron chi connectivity index (χ1n) is 18.9. The van der Waals surface area contributed by atoms with Crippen molar-refractivity contribution in [3.05, 3.63) is 116 Å². The molecule has 0 radical (unpaired) electrons. The van der Waals surface area contributed by atoms with Gasteiger partial charge >= 0.3 is 0 Å². The van der Waals surface area contributed by atoms with E-state index in [1.165, 1.54) is 0 Å². The molecule has 4 aromatic carbocycles.